The summed E-state index contributed by atoms with van der Waals surface area (Å²) in [5, 5.41) is 18.4. The van der Waals surface area contributed by atoms with Crippen LogP contribution in [-0.2, 0) is 19.1 Å². The molecule has 0 amide bonds. The zero-order chi connectivity index (χ0) is 21.0. The average Bonchev–Trinajstić information content (AvgIpc) is 3.39. The van der Waals surface area contributed by atoms with Gasteiger partial charge in [-0.1, -0.05) is 12.1 Å². The molecule has 9 heteroatoms. The Morgan fingerprint density at radius 3 is 2.53 bits per heavy atom. The fourth-order valence-electron chi connectivity index (χ4n) is 5.28. The predicted molar refractivity (Wildman–Crippen MR) is 106 cm³/mol. The lowest BCUT2D eigenvalue weighted by atomic mass is 10.0. The van der Waals surface area contributed by atoms with Gasteiger partial charge in [-0.2, -0.15) is 18.3 Å². The summed E-state index contributed by atoms with van der Waals surface area (Å²) in [5.74, 6) is 0.476. The number of aliphatic hydroxyl groups is 1. The van der Waals surface area contributed by atoms with Gasteiger partial charge in [-0.3, -0.25) is 10.00 Å². The van der Waals surface area contributed by atoms with Gasteiger partial charge in [-0.25, -0.2) is 0 Å². The van der Waals surface area contributed by atoms with E-state index >= 15 is 0 Å². The van der Waals surface area contributed by atoms with Gasteiger partial charge in [0.2, 0.25) is 0 Å². The Hall–Kier alpha value is -2.10. The maximum absolute atomic E-state index is 13.4. The summed E-state index contributed by atoms with van der Waals surface area (Å²) in [6, 6.07) is 5.80. The molecule has 2 fully saturated rings. The van der Waals surface area contributed by atoms with Gasteiger partial charge < -0.3 is 14.9 Å². The molecule has 1 unspecified atom stereocenters. The number of benzene rings is 1. The van der Waals surface area contributed by atoms with Gasteiger partial charge in [0.15, 0.2) is 6.23 Å². The number of para-hydroxylation sites is 1. The molecule has 0 bridgehead atoms. The molecule has 2 saturated heterocycles. The lowest BCUT2D eigenvalue weighted by molar-refractivity contribution is -0.137. The van der Waals surface area contributed by atoms with E-state index in [0.29, 0.717) is 31.9 Å². The maximum atomic E-state index is 13.4. The van der Waals surface area contributed by atoms with Crippen molar-refractivity contribution in [2.24, 2.45) is 11.8 Å². The van der Waals surface area contributed by atoms with E-state index in [4.69, 9.17) is 0 Å². The van der Waals surface area contributed by atoms with Crippen molar-refractivity contribution in [2.75, 3.05) is 44.7 Å². The van der Waals surface area contributed by atoms with Crippen LogP contribution in [0.25, 0.3) is 0 Å². The Bertz CT molecular complexity index is 916. The Labute approximate surface area is 173 Å². The number of rotatable bonds is 3. The maximum Gasteiger partial charge on any atom is 0.418 e. The number of halogens is 3. The van der Waals surface area contributed by atoms with Crippen LogP contribution in [0.1, 0.15) is 28.7 Å². The molecular formula is C21H26F3N5O. The first-order valence-corrected chi connectivity index (χ1v) is 10.4. The minimum Gasteiger partial charge on any atom is -0.372 e. The summed E-state index contributed by atoms with van der Waals surface area (Å²) in [7, 11) is 2.06. The summed E-state index contributed by atoms with van der Waals surface area (Å²) < 4.78 is 40.2. The first-order valence-electron chi connectivity index (χ1n) is 10.4. The Morgan fingerprint density at radius 1 is 1.13 bits per heavy atom. The first-order chi connectivity index (χ1) is 14.3. The highest BCUT2D eigenvalue weighted by atomic mass is 19.4. The molecule has 4 heterocycles. The predicted octanol–water partition coefficient (Wildman–Crippen LogP) is 2.48. The summed E-state index contributed by atoms with van der Waals surface area (Å²) in [5.41, 5.74) is 2.56. The van der Waals surface area contributed by atoms with E-state index in [-0.39, 0.29) is 17.5 Å². The average molecular weight is 421 g/mol. The summed E-state index contributed by atoms with van der Waals surface area (Å²) in [6.07, 6.45) is -4.27. The molecule has 162 valence electrons. The van der Waals surface area contributed by atoms with Crippen LogP contribution in [0.3, 0.4) is 0 Å². The van der Waals surface area contributed by atoms with Crippen LogP contribution in [0.4, 0.5) is 18.9 Å². The molecule has 1 aromatic carbocycles. The molecule has 2 N–H and O–H groups in total. The number of hydrogen-bond donors (Lipinski definition) is 2. The molecule has 3 atom stereocenters. The van der Waals surface area contributed by atoms with Crippen molar-refractivity contribution in [3.63, 3.8) is 0 Å². The van der Waals surface area contributed by atoms with Crippen molar-refractivity contribution in [1.29, 1.82) is 0 Å². The van der Waals surface area contributed by atoms with Crippen LogP contribution >= 0.6 is 0 Å². The number of likely N-dealkylation sites (N-methyl/N-ethyl adjacent to an activating group) is 1. The van der Waals surface area contributed by atoms with E-state index in [2.05, 4.69) is 22.1 Å². The molecule has 3 aliphatic heterocycles. The zero-order valence-electron chi connectivity index (χ0n) is 16.9. The van der Waals surface area contributed by atoms with Crippen LogP contribution in [-0.4, -0.2) is 64.9 Å². The number of H-pyrrole nitrogens is 1. The van der Waals surface area contributed by atoms with E-state index in [0.717, 1.165) is 36.8 Å². The second-order valence-corrected chi connectivity index (χ2v) is 8.82. The fourth-order valence-corrected chi connectivity index (χ4v) is 5.28. The molecule has 1 aromatic heterocycles. The van der Waals surface area contributed by atoms with Gasteiger partial charge in [-0.05, 0) is 37.4 Å². The molecule has 30 heavy (non-hydrogen) atoms. The third-order valence-electron chi connectivity index (χ3n) is 6.81. The van der Waals surface area contributed by atoms with Crippen molar-refractivity contribution in [3.05, 3.63) is 46.8 Å². The highest BCUT2D eigenvalue weighted by molar-refractivity contribution is 5.56. The summed E-state index contributed by atoms with van der Waals surface area (Å²) in [4.78, 5) is 6.09. The zero-order valence-corrected chi connectivity index (χ0v) is 16.9. The number of hydrogen-bond acceptors (Lipinski definition) is 5. The van der Waals surface area contributed by atoms with E-state index in [1.54, 1.807) is 12.1 Å². The molecule has 0 radical (unpaired) electrons. The lowest BCUT2D eigenvalue weighted by Crippen LogP contribution is -2.33. The number of anilines is 1. The standard InChI is InChI=1S/C21H26F3N5O/c1-27-7-6-15-17(12-27)25-26-19(15)20(30)29-10-13-8-28(9-14(13)11-29)18-5-3-2-4-16(18)21(22,23)24/h2-5,13-14,20,30H,6-12H2,1H3,(H,25,26)/t13-,14+,20?. The topological polar surface area (TPSA) is 58.6 Å². The molecule has 5 rings (SSSR count). The molecule has 6 nitrogen and oxygen atoms in total. The molecule has 0 aliphatic carbocycles. The van der Waals surface area contributed by atoms with Gasteiger partial charge in [0.05, 0.1) is 11.3 Å². The third-order valence-corrected chi connectivity index (χ3v) is 6.81. The first kappa shape index (κ1) is 19.8. The number of nitrogens with zero attached hydrogens (tertiary/aromatic N) is 4. The molecule has 0 spiro atoms. The highest BCUT2D eigenvalue weighted by Crippen LogP contribution is 2.42. The molecule has 2 aromatic rings. The van der Waals surface area contributed by atoms with E-state index in [1.165, 1.54) is 6.07 Å². The minimum absolute atomic E-state index is 0.238. The van der Waals surface area contributed by atoms with Crippen molar-refractivity contribution >= 4 is 5.69 Å². The quantitative estimate of drug-likeness (QED) is 0.798. The van der Waals surface area contributed by atoms with Gasteiger partial charge in [0.1, 0.15) is 5.69 Å². The van der Waals surface area contributed by atoms with Crippen molar-refractivity contribution in [3.8, 4) is 0 Å². The Morgan fingerprint density at radius 2 is 1.83 bits per heavy atom. The molecular weight excluding hydrogens is 395 g/mol. The minimum atomic E-state index is -4.36. The van der Waals surface area contributed by atoms with Crippen molar-refractivity contribution in [2.45, 2.75) is 25.4 Å². The Balaban J connectivity index is 1.28. The highest BCUT2D eigenvalue weighted by Gasteiger charge is 2.45. The largest absolute Gasteiger partial charge is 0.418 e. The number of likely N-dealkylation sites (tertiary alicyclic amines) is 1. The normalized spacial score (nSPS) is 26.1. The SMILES string of the molecule is CN1CCc2c(C(O)N3C[C@H]4CN(c5ccccc5C(F)(F)F)C[C@H]4C3)n[nH]c2C1. The van der Waals surface area contributed by atoms with Crippen LogP contribution < -0.4 is 4.90 Å². The van der Waals surface area contributed by atoms with Crippen molar-refractivity contribution in [1.82, 2.24) is 20.0 Å². The second kappa shape index (κ2) is 7.25. The second-order valence-electron chi connectivity index (χ2n) is 8.82. The smallest absolute Gasteiger partial charge is 0.372 e. The third kappa shape index (κ3) is 3.38. The van der Waals surface area contributed by atoms with Crippen molar-refractivity contribution < 1.29 is 18.3 Å². The number of aromatic amines is 1. The van der Waals surface area contributed by atoms with E-state index in [1.807, 2.05) is 9.80 Å². The number of fused-ring (bicyclic) bond motifs is 2. The van der Waals surface area contributed by atoms with Crippen LogP contribution in [0.2, 0.25) is 0 Å². The van der Waals surface area contributed by atoms with E-state index < -0.39 is 18.0 Å². The van der Waals surface area contributed by atoms with E-state index in [9.17, 15) is 18.3 Å². The number of aromatic nitrogens is 2. The van der Waals surface area contributed by atoms with Gasteiger partial charge >= 0.3 is 6.18 Å². The number of alkyl halides is 3. The molecule has 3 aliphatic rings. The van der Waals surface area contributed by atoms with Crippen LogP contribution in [0.5, 0.6) is 0 Å². The fraction of sp³-hybridized carbons (Fsp3) is 0.571. The van der Waals surface area contributed by atoms with Gasteiger partial charge in [-0.15, -0.1) is 0 Å². The monoisotopic (exact) mass is 421 g/mol. The summed E-state index contributed by atoms with van der Waals surface area (Å²) >= 11 is 0. The van der Waals surface area contributed by atoms with Crippen LogP contribution in [0, 0.1) is 11.8 Å². The lowest BCUT2D eigenvalue weighted by Gasteiger charge is -2.28. The Kier molecular flexibility index (Phi) is 4.79. The number of nitrogens with one attached hydrogen (secondary N) is 1. The van der Waals surface area contributed by atoms with Gasteiger partial charge in [0, 0.05) is 50.5 Å². The van der Waals surface area contributed by atoms with Gasteiger partial charge in [0.25, 0.3) is 0 Å². The number of aliphatic hydroxyl groups excluding tert-OH is 1. The molecule has 0 saturated carbocycles. The summed E-state index contributed by atoms with van der Waals surface area (Å²) in [6.45, 7) is 4.21. The van der Waals surface area contributed by atoms with Crippen LogP contribution in [0.15, 0.2) is 24.3 Å².